The van der Waals surface area contributed by atoms with Gasteiger partial charge in [0.2, 0.25) is 0 Å². The molecule has 0 aliphatic carbocycles. The molecule has 2 heterocycles. The lowest BCUT2D eigenvalue weighted by atomic mass is 9.89. The van der Waals surface area contributed by atoms with E-state index in [1.54, 1.807) is 0 Å². The van der Waals surface area contributed by atoms with Crippen LogP contribution in [0, 0.1) is 13.8 Å². The van der Waals surface area contributed by atoms with Gasteiger partial charge in [0.25, 0.3) is 0 Å². The van der Waals surface area contributed by atoms with E-state index in [0.29, 0.717) is 11.5 Å². The van der Waals surface area contributed by atoms with Crippen LogP contribution in [0.15, 0.2) is 66.7 Å². The zero-order valence-corrected chi connectivity index (χ0v) is 14.7. The van der Waals surface area contributed by atoms with E-state index in [2.05, 4.69) is 38.3 Å². The minimum atomic E-state index is -2.22. The normalized spacial score (nSPS) is 16.0. The molecule has 5 rings (SSSR count). The predicted molar refractivity (Wildman–Crippen MR) is 102 cm³/mol. The van der Waals surface area contributed by atoms with Gasteiger partial charge in [-0.1, -0.05) is 42.5 Å². The number of benzene rings is 3. The molecule has 3 aromatic carbocycles. The van der Waals surface area contributed by atoms with Crippen LogP contribution in [0.2, 0.25) is 0 Å². The molecule has 2 aliphatic heterocycles. The Kier molecular flexibility index (Phi) is 3.13. The van der Waals surface area contributed by atoms with Crippen molar-refractivity contribution in [3.05, 3.63) is 83.4 Å². The molecule has 1 spiro atoms. The average Bonchev–Trinajstić information content (AvgIpc) is 3.00. The van der Waals surface area contributed by atoms with E-state index < -0.39 is 6.89 Å². The molecule has 0 N–H and O–H groups in total. The summed E-state index contributed by atoms with van der Waals surface area (Å²) in [5.74, 6) is 2.14. The highest BCUT2D eigenvalue weighted by Gasteiger charge is 2.60. The summed E-state index contributed by atoms with van der Waals surface area (Å²) in [6, 6.07) is 21.8. The molecule has 0 unspecified atom stereocenters. The Hall–Kier alpha value is -3.21. The van der Waals surface area contributed by atoms with Crippen LogP contribution in [0.4, 0.5) is 5.69 Å². The fourth-order valence-corrected chi connectivity index (χ4v) is 3.74. The van der Waals surface area contributed by atoms with E-state index in [-0.39, 0.29) is 0 Å². The molecule has 2 aliphatic rings. The van der Waals surface area contributed by atoms with Gasteiger partial charge in [-0.2, -0.15) is 0 Å². The van der Waals surface area contributed by atoms with Gasteiger partial charge in [0.05, 0.1) is 11.3 Å². The van der Waals surface area contributed by atoms with Crippen molar-refractivity contribution in [2.45, 2.75) is 13.8 Å². The minimum Gasteiger partial charge on any atom is -0.582 e. The first-order valence-corrected chi connectivity index (χ1v) is 8.75. The van der Waals surface area contributed by atoms with Crippen molar-refractivity contribution in [1.29, 1.82) is 0 Å². The number of fused-ring (bicyclic) bond motifs is 2. The van der Waals surface area contributed by atoms with Crippen molar-refractivity contribution in [2.75, 3.05) is 0 Å². The number of hydrogen-bond donors (Lipinski definition) is 0. The van der Waals surface area contributed by atoms with Crippen LogP contribution in [0.5, 0.6) is 17.2 Å². The molecule has 26 heavy (non-hydrogen) atoms. The van der Waals surface area contributed by atoms with Crippen LogP contribution >= 0.6 is 0 Å². The SMILES string of the molecule is Cc1cccc(C)c1[N+]1=Cc2ccccc2O[B-]12Oc1ccccc1O2. The molecule has 0 aromatic heterocycles. The average molecular weight is 343 g/mol. The van der Waals surface area contributed by atoms with Crippen LogP contribution in [0.1, 0.15) is 16.7 Å². The van der Waals surface area contributed by atoms with Gasteiger partial charge in [-0.3, -0.25) is 4.49 Å². The maximum absolute atomic E-state index is 6.35. The molecule has 4 nitrogen and oxygen atoms in total. The van der Waals surface area contributed by atoms with Crippen LogP contribution in [0.3, 0.4) is 0 Å². The summed E-state index contributed by atoms with van der Waals surface area (Å²) in [6.45, 7) is 1.95. The fourth-order valence-electron chi connectivity index (χ4n) is 3.74. The van der Waals surface area contributed by atoms with E-state index in [1.165, 1.54) is 0 Å². The first-order valence-electron chi connectivity index (χ1n) is 8.75. The molecule has 128 valence electrons. The maximum atomic E-state index is 6.35. The van der Waals surface area contributed by atoms with E-state index >= 15 is 0 Å². The maximum Gasteiger partial charge on any atom is 0.878 e. The number of nitrogens with zero attached hydrogens (tertiary/aromatic N) is 1. The van der Waals surface area contributed by atoms with Crippen LogP contribution in [-0.2, 0) is 0 Å². The third-order valence-electron chi connectivity index (χ3n) is 4.91. The second-order valence-electron chi connectivity index (χ2n) is 6.72. The second-order valence-corrected chi connectivity index (χ2v) is 6.72. The van der Waals surface area contributed by atoms with Gasteiger partial charge in [-0.25, -0.2) is 0 Å². The highest BCUT2D eigenvalue weighted by molar-refractivity contribution is 6.57. The highest BCUT2D eigenvalue weighted by atomic mass is 16.8. The van der Waals surface area contributed by atoms with Crippen molar-refractivity contribution in [3.8, 4) is 17.2 Å². The first-order chi connectivity index (χ1) is 12.7. The molecule has 0 bridgehead atoms. The minimum absolute atomic E-state index is 0.691. The molecular weight excluding hydrogens is 325 g/mol. The summed E-state index contributed by atoms with van der Waals surface area (Å²) < 4.78 is 20.9. The zero-order valence-electron chi connectivity index (χ0n) is 14.7. The predicted octanol–water partition coefficient (Wildman–Crippen LogP) is 4.37. The summed E-state index contributed by atoms with van der Waals surface area (Å²) in [4.78, 5) is 0. The Bertz CT molecular complexity index is 1020. The molecule has 0 radical (unpaired) electrons. The zero-order chi connectivity index (χ0) is 17.7. The van der Waals surface area contributed by atoms with E-state index in [1.807, 2.05) is 53.0 Å². The number of aryl methyl sites for hydroxylation is 2. The van der Waals surface area contributed by atoms with Gasteiger partial charge in [0.15, 0.2) is 5.69 Å². The van der Waals surface area contributed by atoms with Crippen LogP contribution in [0.25, 0.3) is 0 Å². The Labute approximate surface area is 152 Å². The molecule has 0 saturated heterocycles. The number of rotatable bonds is 1. The second kappa shape index (κ2) is 5.40. The quantitative estimate of drug-likeness (QED) is 0.615. The molecular formula is C21H18BNO3. The highest BCUT2D eigenvalue weighted by Crippen LogP contribution is 2.42. The summed E-state index contributed by atoms with van der Waals surface area (Å²) in [5.41, 5.74) is 4.29. The fraction of sp³-hybridized carbons (Fsp3) is 0.0952. The Morgan fingerprint density at radius 1 is 0.654 bits per heavy atom. The van der Waals surface area contributed by atoms with Crippen molar-refractivity contribution in [3.63, 3.8) is 0 Å². The topological polar surface area (TPSA) is 30.7 Å². The summed E-state index contributed by atoms with van der Waals surface area (Å²) in [5, 5.41) is 0. The van der Waals surface area contributed by atoms with Crippen LogP contribution in [-0.4, -0.2) is 17.6 Å². The number of hydrogen-bond acceptors (Lipinski definition) is 3. The lowest BCUT2D eigenvalue weighted by molar-refractivity contribution is -0.352. The first kappa shape index (κ1) is 15.1. The molecule has 0 atom stereocenters. The summed E-state index contributed by atoms with van der Waals surface area (Å²) in [7, 11) is 0. The molecule has 5 heteroatoms. The van der Waals surface area contributed by atoms with Gasteiger partial charge in [-0.05, 0) is 38.1 Å². The third-order valence-corrected chi connectivity index (χ3v) is 4.91. The largest absolute Gasteiger partial charge is 0.878 e. The van der Waals surface area contributed by atoms with Crippen molar-refractivity contribution < 1.29 is 18.4 Å². The Morgan fingerprint density at radius 2 is 1.19 bits per heavy atom. The van der Waals surface area contributed by atoms with Crippen molar-refractivity contribution >= 4 is 18.8 Å². The van der Waals surface area contributed by atoms with E-state index in [4.69, 9.17) is 14.0 Å². The third kappa shape index (κ3) is 2.13. The van der Waals surface area contributed by atoms with Gasteiger partial charge in [-0.15, -0.1) is 0 Å². The Morgan fingerprint density at radius 3 is 1.85 bits per heavy atom. The lowest BCUT2D eigenvalue weighted by Gasteiger charge is -2.35. The van der Waals surface area contributed by atoms with Gasteiger partial charge in [0.1, 0.15) is 17.7 Å². The van der Waals surface area contributed by atoms with Crippen LogP contribution < -0.4 is 14.0 Å². The monoisotopic (exact) mass is 343 g/mol. The molecule has 3 aromatic rings. The summed E-state index contributed by atoms with van der Waals surface area (Å²) in [6.07, 6.45) is 2.06. The van der Waals surface area contributed by atoms with Crippen molar-refractivity contribution in [1.82, 2.24) is 0 Å². The Balaban J connectivity index is 1.75. The van der Waals surface area contributed by atoms with Gasteiger partial charge in [0, 0.05) is 11.1 Å². The number of para-hydroxylation sites is 4. The standard InChI is InChI=1S/C21H18BNO3/c1-15-8-7-9-16(2)21(15)23-14-17-10-3-4-11-18(17)24-22(23)25-19-12-5-6-13-20(19)26-22/h3-14H,1-2H3. The van der Waals surface area contributed by atoms with E-state index in [9.17, 15) is 0 Å². The van der Waals surface area contributed by atoms with Gasteiger partial charge < -0.3 is 14.0 Å². The molecule has 0 amide bonds. The molecule has 0 fully saturated rings. The van der Waals surface area contributed by atoms with Crippen molar-refractivity contribution in [2.24, 2.45) is 0 Å². The van der Waals surface area contributed by atoms with Gasteiger partial charge >= 0.3 is 6.89 Å². The lowest BCUT2D eigenvalue weighted by Crippen LogP contribution is -2.62. The van der Waals surface area contributed by atoms with E-state index in [0.717, 1.165) is 28.1 Å². The smallest absolute Gasteiger partial charge is 0.582 e. The summed E-state index contributed by atoms with van der Waals surface area (Å²) >= 11 is 0. The molecule has 0 saturated carbocycles.